The largest absolute Gasteiger partial charge is 0.493 e. The van der Waals surface area contributed by atoms with E-state index in [9.17, 15) is 9.59 Å². The summed E-state index contributed by atoms with van der Waals surface area (Å²) in [7, 11) is 3.06. The lowest BCUT2D eigenvalue weighted by molar-refractivity contribution is -0.136. The summed E-state index contributed by atoms with van der Waals surface area (Å²) in [4.78, 5) is 24.1. The minimum absolute atomic E-state index is 0.0443. The Balaban J connectivity index is 2.71. The van der Waals surface area contributed by atoms with Gasteiger partial charge in [0, 0.05) is 17.8 Å². The van der Waals surface area contributed by atoms with E-state index in [0.717, 1.165) is 18.4 Å². The standard InChI is InChI=1S/C18H28N2O4/c1-11(2)7-8-13(4)19-17(21)18(22)20-14-10-16(24-6)15(23-5)9-12(14)3/h9-11,13H,7-8H2,1-6H3,(H,19,21)(H,20,22). The van der Waals surface area contributed by atoms with Crippen LogP contribution in [0.1, 0.15) is 39.2 Å². The van der Waals surface area contributed by atoms with E-state index in [1.165, 1.54) is 7.11 Å². The maximum absolute atomic E-state index is 12.1. The van der Waals surface area contributed by atoms with Gasteiger partial charge in [-0.25, -0.2) is 0 Å². The number of aryl methyl sites for hydroxylation is 1. The maximum atomic E-state index is 12.1. The van der Waals surface area contributed by atoms with Crippen LogP contribution >= 0.6 is 0 Å². The molecule has 0 aromatic heterocycles. The van der Waals surface area contributed by atoms with Crippen LogP contribution in [0, 0.1) is 12.8 Å². The number of carbonyl (C=O) groups excluding carboxylic acids is 2. The smallest absolute Gasteiger partial charge is 0.313 e. The van der Waals surface area contributed by atoms with Gasteiger partial charge in [-0.1, -0.05) is 13.8 Å². The lowest BCUT2D eigenvalue weighted by Crippen LogP contribution is -2.40. The van der Waals surface area contributed by atoms with Gasteiger partial charge in [-0.3, -0.25) is 9.59 Å². The lowest BCUT2D eigenvalue weighted by Gasteiger charge is -2.16. The van der Waals surface area contributed by atoms with Crippen molar-refractivity contribution < 1.29 is 19.1 Å². The van der Waals surface area contributed by atoms with Crippen LogP contribution in [0.4, 0.5) is 5.69 Å². The van der Waals surface area contributed by atoms with E-state index in [1.807, 2.05) is 13.8 Å². The Morgan fingerprint density at radius 3 is 2.12 bits per heavy atom. The van der Waals surface area contributed by atoms with E-state index < -0.39 is 11.8 Å². The number of anilines is 1. The molecule has 1 rings (SSSR count). The molecular weight excluding hydrogens is 308 g/mol. The molecule has 0 aliphatic carbocycles. The van der Waals surface area contributed by atoms with Crippen LogP contribution < -0.4 is 20.1 Å². The molecule has 0 bridgehead atoms. The van der Waals surface area contributed by atoms with Crippen LogP contribution in [0.15, 0.2) is 12.1 Å². The highest BCUT2D eigenvalue weighted by atomic mass is 16.5. The molecule has 1 aromatic carbocycles. The molecule has 24 heavy (non-hydrogen) atoms. The fourth-order valence-electron chi connectivity index (χ4n) is 2.24. The first-order valence-corrected chi connectivity index (χ1v) is 8.12. The van der Waals surface area contributed by atoms with E-state index >= 15 is 0 Å². The van der Waals surface area contributed by atoms with Crippen molar-refractivity contribution in [1.29, 1.82) is 0 Å². The summed E-state index contributed by atoms with van der Waals surface area (Å²) in [5.41, 5.74) is 1.30. The third kappa shape index (κ3) is 5.76. The van der Waals surface area contributed by atoms with Crippen molar-refractivity contribution in [2.45, 2.75) is 46.6 Å². The van der Waals surface area contributed by atoms with Crippen molar-refractivity contribution in [2.75, 3.05) is 19.5 Å². The number of carbonyl (C=O) groups is 2. The number of nitrogens with one attached hydrogen (secondary N) is 2. The summed E-state index contributed by atoms with van der Waals surface area (Å²) in [6, 6.07) is 3.34. The molecule has 2 N–H and O–H groups in total. The van der Waals surface area contributed by atoms with E-state index in [1.54, 1.807) is 19.2 Å². The van der Waals surface area contributed by atoms with Crippen LogP contribution in [0.3, 0.4) is 0 Å². The predicted octanol–water partition coefficient (Wildman–Crippen LogP) is 2.89. The molecular formula is C18H28N2O4. The first-order valence-electron chi connectivity index (χ1n) is 8.12. The van der Waals surface area contributed by atoms with Crippen LogP contribution in [0.25, 0.3) is 0 Å². The quantitative estimate of drug-likeness (QED) is 0.751. The summed E-state index contributed by atoms with van der Waals surface area (Å²) < 4.78 is 10.4. The molecule has 2 amide bonds. The fraction of sp³-hybridized carbons (Fsp3) is 0.556. The third-order valence-corrected chi connectivity index (χ3v) is 3.74. The van der Waals surface area contributed by atoms with Crippen LogP contribution in [0.5, 0.6) is 11.5 Å². The Labute approximate surface area is 143 Å². The van der Waals surface area contributed by atoms with Gasteiger partial charge in [0.05, 0.1) is 14.2 Å². The second-order valence-corrected chi connectivity index (χ2v) is 6.32. The highest BCUT2D eigenvalue weighted by Gasteiger charge is 2.18. The Kier molecular flexibility index (Phi) is 7.55. The first kappa shape index (κ1) is 19.8. The highest BCUT2D eigenvalue weighted by molar-refractivity contribution is 6.39. The van der Waals surface area contributed by atoms with Gasteiger partial charge < -0.3 is 20.1 Å². The SMILES string of the molecule is COc1cc(C)c(NC(=O)C(=O)NC(C)CCC(C)C)cc1OC. The summed E-state index contributed by atoms with van der Waals surface area (Å²) in [6.45, 7) is 7.97. The average molecular weight is 336 g/mol. The predicted molar refractivity (Wildman–Crippen MR) is 94.6 cm³/mol. The van der Waals surface area contributed by atoms with Crippen molar-refractivity contribution in [3.05, 3.63) is 17.7 Å². The zero-order chi connectivity index (χ0) is 18.3. The minimum atomic E-state index is -0.693. The number of methoxy groups -OCH3 is 2. The molecule has 0 aliphatic heterocycles. The summed E-state index contributed by atoms with van der Waals surface area (Å²) in [6.07, 6.45) is 1.84. The molecule has 0 heterocycles. The molecule has 6 nitrogen and oxygen atoms in total. The fourth-order valence-corrected chi connectivity index (χ4v) is 2.24. The molecule has 1 aromatic rings. The van der Waals surface area contributed by atoms with Gasteiger partial charge in [0.25, 0.3) is 0 Å². The van der Waals surface area contributed by atoms with Crippen molar-refractivity contribution in [3.8, 4) is 11.5 Å². The summed E-state index contributed by atoms with van der Waals surface area (Å²) in [5, 5.41) is 5.34. The Hall–Kier alpha value is -2.24. The highest BCUT2D eigenvalue weighted by Crippen LogP contribution is 2.32. The Morgan fingerprint density at radius 1 is 1.00 bits per heavy atom. The van der Waals surface area contributed by atoms with Gasteiger partial charge in [-0.05, 0) is 44.2 Å². The van der Waals surface area contributed by atoms with Gasteiger partial charge in [0.15, 0.2) is 11.5 Å². The zero-order valence-electron chi connectivity index (χ0n) is 15.4. The zero-order valence-corrected chi connectivity index (χ0v) is 15.4. The Bertz CT molecular complexity index is 585. The van der Waals surface area contributed by atoms with Crippen LogP contribution in [-0.4, -0.2) is 32.1 Å². The molecule has 134 valence electrons. The van der Waals surface area contributed by atoms with Crippen LogP contribution in [0.2, 0.25) is 0 Å². The molecule has 1 atom stereocenters. The maximum Gasteiger partial charge on any atom is 0.313 e. The lowest BCUT2D eigenvalue weighted by atomic mass is 10.0. The number of ether oxygens (including phenoxy) is 2. The van der Waals surface area contributed by atoms with E-state index in [2.05, 4.69) is 24.5 Å². The second-order valence-electron chi connectivity index (χ2n) is 6.32. The third-order valence-electron chi connectivity index (χ3n) is 3.74. The molecule has 1 unspecified atom stereocenters. The van der Waals surface area contributed by atoms with Gasteiger partial charge >= 0.3 is 11.8 Å². The number of hydrogen-bond acceptors (Lipinski definition) is 4. The molecule has 0 saturated carbocycles. The first-order chi connectivity index (χ1) is 11.3. The molecule has 0 fully saturated rings. The minimum Gasteiger partial charge on any atom is -0.493 e. The molecule has 0 aliphatic rings. The normalized spacial score (nSPS) is 11.8. The Morgan fingerprint density at radius 2 is 1.58 bits per heavy atom. The number of amides is 2. The summed E-state index contributed by atoms with van der Waals surface area (Å²) >= 11 is 0. The molecule has 6 heteroatoms. The topological polar surface area (TPSA) is 76.7 Å². The van der Waals surface area contributed by atoms with Gasteiger partial charge in [-0.2, -0.15) is 0 Å². The molecule has 0 spiro atoms. The van der Waals surface area contributed by atoms with Crippen molar-refractivity contribution in [3.63, 3.8) is 0 Å². The molecule has 0 radical (unpaired) electrons. The second kappa shape index (κ2) is 9.15. The van der Waals surface area contributed by atoms with E-state index in [4.69, 9.17) is 9.47 Å². The van der Waals surface area contributed by atoms with Gasteiger partial charge in [-0.15, -0.1) is 0 Å². The average Bonchev–Trinajstić information content (AvgIpc) is 2.54. The number of hydrogen-bond donors (Lipinski definition) is 2. The monoisotopic (exact) mass is 336 g/mol. The van der Waals surface area contributed by atoms with Gasteiger partial charge in [0.2, 0.25) is 0 Å². The van der Waals surface area contributed by atoms with E-state index in [0.29, 0.717) is 23.1 Å². The van der Waals surface area contributed by atoms with Crippen molar-refractivity contribution >= 4 is 17.5 Å². The van der Waals surface area contributed by atoms with Crippen molar-refractivity contribution in [2.24, 2.45) is 5.92 Å². The molecule has 0 saturated heterocycles. The van der Waals surface area contributed by atoms with Crippen molar-refractivity contribution in [1.82, 2.24) is 5.32 Å². The van der Waals surface area contributed by atoms with Gasteiger partial charge in [0.1, 0.15) is 0 Å². The van der Waals surface area contributed by atoms with Crippen LogP contribution in [-0.2, 0) is 9.59 Å². The number of rotatable bonds is 7. The summed E-state index contributed by atoms with van der Waals surface area (Å²) in [5.74, 6) is 0.290. The number of benzene rings is 1. The van der Waals surface area contributed by atoms with E-state index in [-0.39, 0.29) is 6.04 Å².